The van der Waals surface area contributed by atoms with Crippen molar-refractivity contribution in [3.05, 3.63) is 18.7 Å². The van der Waals surface area contributed by atoms with Gasteiger partial charge in [0.1, 0.15) is 0 Å². The molecule has 1 aliphatic rings. The van der Waals surface area contributed by atoms with E-state index in [0.29, 0.717) is 0 Å². The van der Waals surface area contributed by atoms with E-state index in [4.69, 9.17) is 5.26 Å². The van der Waals surface area contributed by atoms with E-state index in [2.05, 4.69) is 20.5 Å². The number of aryl methyl sites for hydroxylation is 1. The molecule has 1 saturated heterocycles. The number of likely N-dealkylation sites (tertiary alicyclic amines) is 1. The van der Waals surface area contributed by atoms with E-state index < -0.39 is 0 Å². The molecule has 0 spiro atoms. The van der Waals surface area contributed by atoms with Crippen LogP contribution in [0.25, 0.3) is 0 Å². The standard InChI is InChI=1S/C11H16N4/c12-9-11-3-1-6-15(11)7-2-5-14-8-4-13-10-14/h4,8,10-11H,1-3,5-7H2. The molecule has 0 aromatic carbocycles. The summed E-state index contributed by atoms with van der Waals surface area (Å²) in [5, 5.41) is 8.91. The van der Waals surface area contributed by atoms with E-state index in [1.165, 1.54) is 6.42 Å². The second-order valence-electron chi connectivity index (χ2n) is 3.98. The van der Waals surface area contributed by atoms with Gasteiger partial charge in [-0.25, -0.2) is 4.98 Å². The van der Waals surface area contributed by atoms with Crippen LogP contribution in [0.1, 0.15) is 19.3 Å². The number of imidazole rings is 1. The maximum absolute atomic E-state index is 8.91. The van der Waals surface area contributed by atoms with Gasteiger partial charge in [0.05, 0.1) is 18.4 Å². The maximum Gasteiger partial charge on any atom is 0.0978 e. The summed E-state index contributed by atoms with van der Waals surface area (Å²) in [6.07, 6.45) is 8.92. The summed E-state index contributed by atoms with van der Waals surface area (Å²) < 4.78 is 2.08. The molecule has 0 aliphatic carbocycles. The molecule has 0 radical (unpaired) electrons. The highest BCUT2D eigenvalue weighted by Crippen LogP contribution is 2.16. The highest BCUT2D eigenvalue weighted by molar-refractivity contribution is 4.95. The lowest BCUT2D eigenvalue weighted by Crippen LogP contribution is -2.29. The van der Waals surface area contributed by atoms with Gasteiger partial charge in [-0.15, -0.1) is 0 Å². The van der Waals surface area contributed by atoms with Gasteiger partial charge in [-0.3, -0.25) is 4.90 Å². The first-order chi connectivity index (χ1) is 7.40. The van der Waals surface area contributed by atoms with Crippen molar-refractivity contribution in [2.75, 3.05) is 13.1 Å². The van der Waals surface area contributed by atoms with Crippen molar-refractivity contribution in [3.8, 4) is 6.07 Å². The average Bonchev–Trinajstić information content (AvgIpc) is 2.88. The van der Waals surface area contributed by atoms with Gasteiger partial charge in [-0.05, 0) is 25.8 Å². The van der Waals surface area contributed by atoms with Gasteiger partial charge < -0.3 is 4.57 Å². The van der Waals surface area contributed by atoms with Crippen molar-refractivity contribution in [2.24, 2.45) is 0 Å². The molecule has 1 aromatic rings. The first-order valence-corrected chi connectivity index (χ1v) is 5.49. The predicted molar refractivity (Wildman–Crippen MR) is 57.1 cm³/mol. The third kappa shape index (κ3) is 2.57. The molecule has 2 rings (SSSR count). The largest absolute Gasteiger partial charge is 0.337 e. The molecule has 4 heteroatoms. The Morgan fingerprint density at radius 2 is 2.40 bits per heavy atom. The number of hydrogen-bond donors (Lipinski definition) is 0. The fourth-order valence-corrected chi connectivity index (χ4v) is 2.12. The lowest BCUT2D eigenvalue weighted by atomic mass is 10.2. The summed E-state index contributed by atoms with van der Waals surface area (Å²) in [6.45, 7) is 3.10. The highest BCUT2D eigenvalue weighted by atomic mass is 15.2. The zero-order valence-corrected chi connectivity index (χ0v) is 8.84. The molecule has 1 fully saturated rings. The fourth-order valence-electron chi connectivity index (χ4n) is 2.12. The van der Waals surface area contributed by atoms with Crippen LogP contribution in [0.4, 0.5) is 0 Å². The molecule has 4 nitrogen and oxygen atoms in total. The van der Waals surface area contributed by atoms with Crippen LogP contribution in [0.5, 0.6) is 0 Å². The van der Waals surface area contributed by atoms with Gasteiger partial charge >= 0.3 is 0 Å². The molecular formula is C11H16N4. The minimum Gasteiger partial charge on any atom is -0.337 e. The van der Waals surface area contributed by atoms with Crippen LogP contribution >= 0.6 is 0 Å². The molecule has 0 bridgehead atoms. The van der Waals surface area contributed by atoms with Gasteiger partial charge in [-0.2, -0.15) is 5.26 Å². The molecule has 1 aliphatic heterocycles. The van der Waals surface area contributed by atoms with Crippen LogP contribution in [-0.4, -0.2) is 33.6 Å². The Kier molecular flexibility index (Phi) is 3.36. The smallest absolute Gasteiger partial charge is 0.0978 e. The number of hydrogen-bond acceptors (Lipinski definition) is 3. The number of nitrogens with zero attached hydrogens (tertiary/aromatic N) is 4. The normalized spacial score (nSPS) is 21.7. The quantitative estimate of drug-likeness (QED) is 0.741. The predicted octanol–water partition coefficient (Wildman–Crippen LogP) is 1.26. The van der Waals surface area contributed by atoms with Crippen molar-refractivity contribution < 1.29 is 0 Å². The van der Waals surface area contributed by atoms with Crippen molar-refractivity contribution in [1.29, 1.82) is 5.26 Å². The first-order valence-electron chi connectivity index (χ1n) is 5.49. The molecule has 0 amide bonds. The summed E-state index contributed by atoms with van der Waals surface area (Å²) >= 11 is 0. The molecule has 0 saturated carbocycles. The van der Waals surface area contributed by atoms with E-state index in [-0.39, 0.29) is 6.04 Å². The van der Waals surface area contributed by atoms with E-state index in [1.807, 2.05) is 12.5 Å². The van der Waals surface area contributed by atoms with Crippen LogP contribution < -0.4 is 0 Å². The molecule has 1 atom stereocenters. The van der Waals surface area contributed by atoms with E-state index in [1.54, 1.807) is 6.20 Å². The SMILES string of the molecule is N#CC1CCCN1CCCn1ccnc1. The molecular weight excluding hydrogens is 188 g/mol. The Hall–Kier alpha value is -1.34. The Morgan fingerprint density at radius 1 is 1.47 bits per heavy atom. The zero-order chi connectivity index (χ0) is 10.5. The summed E-state index contributed by atoms with van der Waals surface area (Å²) in [7, 11) is 0. The minimum absolute atomic E-state index is 0.160. The number of aromatic nitrogens is 2. The zero-order valence-electron chi connectivity index (χ0n) is 8.84. The summed E-state index contributed by atoms with van der Waals surface area (Å²) in [5.74, 6) is 0. The molecule has 2 heterocycles. The van der Waals surface area contributed by atoms with E-state index >= 15 is 0 Å². The first kappa shape index (κ1) is 10.2. The topological polar surface area (TPSA) is 44.9 Å². The Labute approximate surface area is 90.1 Å². The van der Waals surface area contributed by atoms with Crippen molar-refractivity contribution in [2.45, 2.75) is 31.8 Å². The van der Waals surface area contributed by atoms with Crippen molar-refractivity contribution >= 4 is 0 Å². The van der Waals surface area contributed by atoms with Crippen LogP contribution in [-0.2, 0) is 6.54 Å². The molecule has 15 heavy (non-hydrogen) atoms. The monoisotopic (exact) mass is 204 g/mol. The molecule has 1 aromatic heterocycles. The Bertz CT molecular complexity index is 325. The Balaban J connectivity index is 1.72. The van der Waals surface area contributed by atoms with Crippen LogP contribution in [0.3, 0.4) is 0 Å². The van der Waals surface area contributed by atoms with Gasteiger partial charge in [0.25, 0.3) is 0 Å². The average molecular weight is 204 g/mol. The summed E-state index contributed by atoms with van der Waals surface area (Å²) in [5.41, 5.74) is 0. The van der Waals surface area contributed by atoms with Gasteiger partial charge in [0.15, 0.2) is 0 Å². The van der Waals surface area contributed by atoms with Crippen molar-refractivity contribution in [1.82, 2.24) is 14.5 Å². The second kappa shape index (κ2) is 4.94. The fraction of sp³-hybridized carbons (Fsp3) is 0.636. The third-order valence-electron chi connectivity index (χ3n) is 2.93. The highest BCUT2D eigenvalue weighted by Gasteiger charge is 2.22. The molecule has 1 unspecified atom stereocenters. The number of rotatable bonds is 4. The minimum atomic E-state index is 0.160. The summed E-state index contributed by atoms with van der Waals surface area (Å²) in [6, 6.07) is 2.52. The molecule has 0 N–H and O–H groups in total. The third-order valence-corrected chi connectivity index (χ3v) is 2.93. The van der Waals surface area contributed by atoms with Crippen LogP contribution in [0.15, 0.2) is 18.7 Å². The summed E-state index contributed by atoms with van der Waals surface area (Å²) in [4.78, 5) is 6.29. The second-order valence-corrected chi connectivity index (χ2v) is 3.98. The van der Waals surface area contributed by atoms with Gasteiger partial charge in [0.2, 0.25) is 0 Å². The van der Waals surface area contributed by atoms with E-state index in [9.17, 15) is 0 Å². The van der Waals surface area contributed by atoms with Crippen molar-refractivity contribution in [3.63, 3.8) is 0 Å². The lowest BCUT2D eigenvalue weighted by molar-refractivity contribution is 0.284. The lowest BCUT2D eigenvalue weighted by Gasteiger charge is -2.18. The van der Waals surface area contributed by atoms with Crippen LogP contribution in [0, 0.1) is 11.3 Å². The van der Waals surface area contributed by atoms with Crippen LogP contribution in [0.2, 0.25) is 0 Å². The van der Waals surface area contributed by atoms with Gasteiger partial charge in [0, 0.05) is 25.5 Å². The number of nitriles is 1. The maximum atomic E-state index is 8.91. The Morgan fingerprint density at radius 3 is 3.13 bits per heavy atom. The van der Waals surface area contributed by atoms with Gasteiger partial charge in [-0.1, -0.05) is 0 Å². The van der Waals surface area contributed by atoms with E-state index in [0.717, 1.165) is 32.5 Å². The molecule has 80 valence electrons.